The van der Waals surface area contributed by atoms with Gasteiger partial charge in [-0.25, -0.2) is 0 Å². The largest absolute Gasteiger partial charge is 0.492 e. The molecule has 0 spiro atoms. The van der Waals surface area contributed by atoms with Crippen LogP contribution in [0.5, 0.6) is 5.75 Å². The number of amides is 1. The van der Waals surface area contributed by atoms with Gasteiger partial charge in [0.1, 0.15) is 18.3 Å². The van der Waals surface area contributed by atoms with E-state index >= 15 is 0 Å². The molecule has 2 atom stereocenters. The van der Waals surface area contributed by atoms with Crippen LogP contribution in [-0.4, -0.2) is 47.3 Å². The number of rotatable bonds is 2. The zero-order chi connectivity index (χ0) is 15.8. The third-order valence-electron chi connectivity index (χ3n) is 4.19. The Hall–Kier alpha value is -2.41. The van der Waals surface area contributed by atoms with Crippen LogP contribution in [0.2, 0.25) is 0 Å². The molecule has 4 rings (SSSR count). The molecule has 1 aromatic heterocycles. The number of hydrogen-bond acceptors (Lipinski definition) is 6. The Kier molecular flexibility index (Phi) is 3.49. The van der Waals surface area contributed by atoms with E-state index in [2.05, 4.69) is 10.2 Å². The van der Waals surface area contributed by atoms with Crippen molar-refractivity contribution >= 4 is 5.91 Å². The third kappa shape index (κ3) is 2.57. The Labute approximate surface area is 133 Å². The maximum absolute atomic E-state index is 12.9. The number of morpholine rings is 1. The van der Waals surface area contributed by atoms with Crippen molar-refractivity contribution in [1.29, 1.82) is 0 Å². The summed E-state index contributed by atoms with van der Waals surface area (Å²) >= 11 is 0. The zero-order valence-electron chi connectivity index (χ0n) is 12.8. The molecule has 1 aromatic carbocycles. The summed E-state index contributed by atoms with van der Waals surface area (Å²) in [6, 6.07) is 7.68. The van der Waals surface area contributed by atoms with E-state index < -0.39 is 0 Å². The van der Waals surface area contributed by atoms with Gasteiger partial charge < -0.3 is 18.8 Å². The van der Waals surface area contributed by atoms with E-state index in [-0.39, 0.29) is 17.9 Å². The molecule has 2 aliphatic rings. The van der Waals surface area contributed by atoms with Crippen molar-refractivity contribution in [1.82, 2.24) is 15.1 Å². The first kappa shape index (κ1) is 14.2. The summed E-state index contributed by atoms with van der Waals surface area (Å²) in [5, 5.41) is 7.81. The van der Waals surface area contributed by atoms with Gasteiger partial charge in [-0.1, -0.05) is 18.2 Å². The summed E-state index contributed by atoms with van der Waals surface area (Å²) in [5.74, 6) is 1.50. The molecule has 3 heterocycles. The van der Waals surface area contributed by atoms with Crippen LogP contribution in [0.4, 0.5) is 0 Å². The highest BCUT2D eigenvalue weighted by atomic mass is 16.5. The number of hydrogen-bond donors (Lipinski definition) is 0. The number of nitrogens with zero attached hydrogens (tertiary/aromatic N) is 3. The predicted octanol–water partition coefficient (Wildman–Crippen LogP) is 1.45. The molecule has 0 bridgehead atoms. The highest BCUT2D eigenvalue weighted by Gasteiger charge is 2.36. The number of ether oxygens (including phenoxy) is 2. The van der Waals surface area contributed by atoms with Crippen LogP contribution >= 0.6 is 0 Å². The zero-order valence-corrected chi connectivity index (χ0v) is 12.8. The molecule has 1 fully saturated rings. The first-order valence-corrected chi connectivity index (χ1v) is 7.64. The summed E-state index contributed by atoms with van der Waals surface area (Å²) < 4.78 is 16.7. The van der Waals surface area contributed by atoms with Crippen molar-refractivity contribution in [2.45, 2.75) is 18.9 Å². The average molecular weight is 315 g/mol. The molecule has 7 nitrogen and oxygen atoms in total. The molecular formula is C16H17N3O4. The smallest absolute Gasteiger partial charge is 0.246 e. The molecule has 1 saturated heterocycles. The van der Waals surface area contributed by atoms with Gasteiger partial charge >= 0.3 is 0 Å². The van der Waals surface area contributed by atoms with Gasteiger partial charge in [-0.2, -0.15) is 0 Å². The molecule has 0 N–H and O–H groups in total. The van der Waals surface area contributed by atoms with Crippen LogP contribution in [0.25, 0.3) is 0 Å². The summed E-state index contributed by atoms with van der Waals surface area (Å²) in [6.45, 7) is 3.54. The van der Waals surface area contributed by atoms with Crippen molar-refractivity contribution in [3.63, 3.8) is 0 Å². The molecule has 0 saturated carbocycles. The Balaban J connectivity index is 1.51. The Morgan fingerprint density at radius 1 is 1.30 bits per heavy atom. The van der Waals surface area contributed by atoms with Crippen molar-refractivity contribution in [2.75, 3.05) is 26.3 Å². The summed E-state index contributed by atoms with van der Waals surface area (Å²) in [4.78, 5) is 14.7. The van der Waals surface area contributed by atoms with E-state index in [0.717, 1.165) is 11.3 Å². The molecule has 0 unspecified atom stereocenters. The fraction of sp³-hybridized carbons (Fsp3) is 0.438. The first-order valence-electron chi connectivity index (χ1n) is 7.64. The molecule has 0 aliphatic carbocycles. The molecular weight excluding hydrogens is 298 g/mol. The van der Waals surface area contributed by atoms with E-state index in [9.17, 15) is 4.79 Å². The van der Waals surface area contributed by atoms with Crippen molar-refractivity contribution in [3.05, 3.63) is 41.6 Å². The topological polar surface area (TPSA) is 77.7 Å². The van der Waals surface area contributed by atoms with Crippen LogP contribution in [0.1, 0.15) is 29.4 Å². The Morgan fingerprint density at radius 2 is 2.17 bits per heavy atom. The number of carbonyl (C=O) groups is 1. The number of para-hydroxylation sites is 1. The van der Waals surface area contributed by atoms with Gasteiger partial charge in [0.05, 0.1) is 13.2 Å². The quantitative estimate of drug-likeness (QED) is 0.835. The summed E-state index contributed by atoms with van der Waals surface area (Å²) in [5.41, 5.74) is 0.953. The molecule has 7 heteroatoms. The molecule has 0 radical (unpaired) electrons. The Bertz CT molecular complexity index is 730. The number of benzene rings is 1. The second-order valence-electron chi connectivity index (χ2n) is 5.70. The first-order chi connectivity index (χ1) is 11.2. The number of carbonyl (C=O) groups excluding carboxylic acids is 1. The maximum atomic E-state index is 12.9. The monoisotopic (exact) mass is 315 g/mol. The number of fused-ring (bicyclic) bond motifs is 1. The lowest BCUT2D eigenvalue weighted by Gasteiger charge is -2.32. The second kappa shape index (κ2) is 5.66. The van der Waals surface area contributed by atoms with Crippen LogP contribution < -0.4 is 4.74 Å². The van der Waals surface area contributed by atoms with Crippen LogP contribution in [0.3, 0.4) is 0 Å². The van der Waals surface area contributed by atoms with Gasteiger partial charge in [-0.05, 0) is 6.07 Å². The number of aryl methyl sites for hydroxylation is 1. The van der Waals surface area contributed by atoms with Gasteiger partial charge in [-0.15, -0.1) is 10.2 Å². The van der Waals surface area contributed by atoms with Crippen molar-refractivity contribution < 1.29 is 18.7 Å². The fourth-order valence-corrected chi connectivity index (χ4v) is 3.03. The van der Waals surface area contributed by atoms with Crippen LogP contribution in [0, 0.1) is 6.92 Å². The fourth-order valence-electron chi connectivity index (χ4n) is 3.03. The van der Waals surface area contributed by atoms with E-state index in [1.165, 1.54) is 0 Å². The molecule has 23 heavy (non-hydrogen) atoms. The predicted molar refractivity (Wildman–Crippen MR) is 79.0 cm³/mol. The van der Waals surface area contributed by atoms with E-state index in [1.54, 1.807) is 11.8 Å². The summed E-state index contributed by atoms with van der Waals surface area (Å²) in [7, 11) is 0. The lowest BCUT2D eigenvalue weighted by Crippen LogP contribution is -2.44. The van der Waals surface area contributed by atoms with E-state index in [0.29, 0.717) is 38.1 Å². The third-order valence-corrected chi connectivity index (χ3v) is 4.19. The van der Waals surface area contributed by atoms with Gasteiger partial charge in [0, 0.05) is 19.0 Å². The van der Waals surface area contributed by atoms with Gasteiger partial charge in [-0.3, -0.25) is 4.79 Å². The van der Waals surface area contributed by atoms with Gasteiger partial charge in [0.2, 0.25) is 17.7 Å². The SMILES string of the molecule is Cc1nnc([C@H]2CN(C(=O)[C@@H]3COc4ccccc43)CCO2)o1. The van der Waals surface area contributed by atoms with E-state index in [4.69, 9.17) is 13.9 Å². The van der Waals surface area contributed by atoms with Crippen LogP contribution in [0.15, 0.2) is 28.7 Å². The maximum Gasteiger partial charge on any atom is 0.246 e. The molecule has 2 aromatic rings. The molecule has 120 valence electrons. The minimum Gasteiger partial charge on any atom is -0.492 e. The lowest BCUT2D eigenvalue weighted by molar-refractivity contribution is -0.141. The molecule has 1 amide bonds. The second-order valence-corrected chi connectivity index (χ2v) is 5.70. The van der Waals surface area contributed by atoms with Gasteiger partial charge in [0.15, 0.2) is 6.10 Å². The van der Waals surface area contributed by atoms with E-state index in [1.807, 2.05) is 24.3 Å². The normalized spacial score (nSPS) is 23.4. The number of aromatic nitrogens is 2. The highest BCUT2D eigenvalue weighted by Crippen LogP contribution is 2.35. The molecule has 2 aliphatic heterocycles. The lowest BCUT2D eigenvalue weighted by atomic mass is 9.99. The minimum absolute atomic E-state index is 0.0551. The standard InChI is InChI=1S/C16H17N3O4/c1-10-17-18-15(23-10)14-8-19(6-7-21-14)16(20)12-9-22-13-5-3-2-4-11(12)13/h2-5,12,14H,6-9H2,1H3/t12-,14-/m1/s1. The van der Waals surface area contributed by atoms with Crippen molar-refractivity contribution in [2.24, 2.45) is 0 Å². The summed E-state index contributed by atoms with van der Waals surface area (Å²) in [6.07, 6.45) is -0.369. The average Bonchev–Trinajstić information content (AvgIpc) is 3.20. The Morgan fingerprint density at radius 3 is 3.00 bits per heavy atom. The van der Waals surface area contributed by atoms with Crippen molar-refractivity contribution in [3.8, 4) is 5.75 Å². The minimum atomic E-state index is -0.369. The van der Waals surface area contributed by atoms with Gasteiger partial charge in [0.25, 0.3) is 0 Å². The van der Waals surface area contributed by atoms with Crippen LogP contribution in [-0.2, 0) is 9.53 Å². The highest BCUT2D eigenvalue weighted by molar-refractivity contribution is 5.85.